The van der Waals surface area contributed by atoms with E-state index in [1.165, 1.54) is 5.56 Å². The Hall–Kier alpha value is -0.380. The van der Waals surface area contributed by atoms with Crippen molar-refractivity contribution < 1.29 is 4.74 Å². The summed E-state index contributed by atoms with van der Waals surface area (Å²) in [5.41, 5.74) is 1.21. The number of hydrogen-bond donors (Lipinski definition) is 1. The van der Waals surface area contributed by atoms with Crippen molar-refractivity contribution in [2.24, 2.45) is 0 Å². The van der Waals surface area contributed by atoms with Gasteiger partial charge in [0.25, 0.3) is 0 Å². The van der Waals surface area contributed by atoms with E-state index in [2.05, 4.69) is 66.3 Å². The fraction of sp³-hybridized carbons (Fsp3) is 0.600. The van der Waals surface area contributed by atoms with E-state index in [1.807, 2.05) is 6.92 Å². The van der Waals surface area contributed by atoms with Crippen LogP contribution in [0.15, 0.2) is 28.7 Å². The van der Waals surface area contributed by atoms with Crippen LogP contribution in [0, 0.1) is 0 Å². The van der Waals surface area contributed by atoms with Gasteiger partial charge in [0, 0.05) is 23.7 Å². The SMILES string of the molecule is CCOC(C)(C)CNC(CC)c1ccc(Br)cc1. The van der Waals surface area contributed by atoms with Gasteiger partial charge >= 0.3 is 0 Å². The first-order valence-corrected chi connectivity index (χ1v) is 7.40. The number of halogens is 1. The Kier molecular flexibility index (Phi) is 6.33. The van der Waals surface area contributed by atoms with E-state index in [0.29, 0.717) is 6.04 Å². The van der Waals surface area contributed by atoms with Gasteiger partial charge in [-0.25, -0.2) is 0 Å². The Labute approximate surface area is 119 Å². The molecule has 1 aromatic carbocycles. The number of nitrogens with one attached hydrogen (secondary N) is 1. The highest BCUT2D eigenvalue weighted by atomic mass is 79.9. The molecule has 0 aliphatic heterocycles. The second-order valence-corrected chi connectivity index (χ2v) is 6.00. The third kappa shape index (κ3) is 5.09. The molecule has 0 aliphatic carbocycles. The molecule has 102 valence electrons. The Morgan fingerprint density at radius 2 is 1.83 bits per heavy atom. The fourth-order valence-electron chi connectivity index (χ4n) is 2.00. The highest BCUT2D eigenvalue weighted by molar-refractivity contribution is 9.10. The zero-order valence-electron chi connectivity index (χ0n) is 11.8. The molecule has 3 heteroatoms. The summed E-state index contributed by atoms with van der Waals surface area (Å²) >= 11 is 3.47. The lowest BCUT2D eigenvalue weighted by atomic mass is 10.0. The molecule has 0 radical (unpaired) electrons. The maximum Gasteiger partial charge on any atom is 0.0750 e. The third-order valence-corrected chi connectivity index (χ3v) is 3.52. The molecule has 2 nitrogen and oxygen atoms in total. The van der Waals surface area contributed by atoms with Crippen molar-refractivity contribution >= 4 is 15.9 Å². The summed E-state index contributed by atoms with van der Waals surface area (Å²) in [7, 11) is 0. The van der Waals surface area contributed by atoms with Crippen molar-refractivity contribution in [1.82, 2.24) is 5.32 Å². The van der Waals surface area contributed by atoms with Gasteiger partial charge in [-0.15, -0.1) is 0 Å². The third-order valence-electron chi connectivity index (χ3n) is 2.99. The van der Waals surface area contributed by atoms with Crippen LogP contribution < -0.4 is 5.32 Å². The van der Waals surface area contributed by atoms with E-state index < -0.39 is 0 Å². The molecule has 18 heavy (non-hydrogen) atoms. The zero-order valence-corrected chi connectivity index (χ0v) is 13.4. The quantitative estimate of drug-likeness (QED) is 0.810. The summed E-state index contributed by atoms with van der Waals surface area (Å²) in [4.78, 5) is 0. The molecule has 0 aliphatic rings. The fourth-order valence-corrected chi connectivity index (χ4v) is 2.27. The van der Waals surface area contributed by atoms with Crippen molar-refractivity contribution in [3.05, 3.63) is 34.3 Å². The van der Waals surface area contributed by atoms with Crippen LogP contribution in [0.1, 0.15) is 45.7 Å². The van der Waals surface area contributed by atoms with Gasteiger partial charge < -0.3 is 10.1 Å². The largest absolute Gasteiger partial charge is 0.375 e. The summed E-state index contributed by atoms with van der Waals surface area (Å²) < 4.78 is 6.83. The Morgan fingerprint density at radius 1 is 1.22 bits per heavy atom. The molecule has 0 amide bonds. The number of rotatable bonds is 7. The molecule has 0 saturated carbocycles. The molecule has 1 unspecified atom stereocenters. The van der Waals surface area contributed by atoms with Crippen LogP contribution in [0.4, 0.5) is 0 Å². The van der Waals surface area contributed by atoms with Crippen LogP contribution in [-0.2, 0) is 4.74 Å². The molecule has 0 spiro atoms. The van der Waals surface area contributed by atoms with Gasteiger partial charge in [-0.2, -0.15) is 0 Å². The number of hydrogen-bond acceptors (Lipinski definition) is 2. The molecule has 0 aromatic heterocycles. The molecular weight excluding hydrogens is 290 g/mol. The predicted molar refractivity (Wildman–Crippen MR) is 80.9 cm³/mol. The predicted octanol–water partition coefficient (Wildman–Crippen LogP) is 4.30. The van der Waals surface area contributed by atoms with Crippen LogP contribution in [0.3, 0.4) is 0 Å². The van der Waals surface area contributed by atoms with Gasteiger partial charge in [0.2, 0.25) is 0 Å². The highest BCUT2D eigenvalue weighted by Crippen LogP contribution is 2.20. The zero-order chi connectivity index (χ0) is 13.6. The van der Waals surface area contributed by atoms with Gasteiger partial charge in [0.15, 0.2) is 0 Å². The minimum absolute atomic E-state index is 0.114. The van der Waals surface area contributed by atoms with E-state index in [0.717, 1.165) is 24.0 Å². The number of benzene rings is 1. The summed E-state index contributed by atoms with van der Waals surface area (Å²) in [5.74, 6) is 0. The van der Waals surface area contributed by atoms with Gasteiger partial charge in [-0.3, -0.25) is 0 Å². The van der Waals surface area contributed by atoms with Crippen LogP contribution in [-0.4, -0.2) is 18.8 Å². The van der Waals surface area contributed by atoms with E-state index >= 15 is 0 Å². The molecule has 0 fully saturated rings. The van der Waals surface area contributed by atoms with E-state index in [4.69, 9.17) is 4.74 Å². The van der Waals surface area contributed by atoms with Crippen molar-refractivity contribution in [2.75, 3.05) is 13.2 Å². The maximum absolute atomic E-state index is 5.71. The van der Waals surface area contributed by atoms with Gasteiger partial charge in [0.05, 0.1) is 5.60 Å². The minimum atomic E-state index is -0.114. The Morgan fingerprint density at radius 3 is 2.33 bits per heavy atom. The van der Waals surface area contributed by atoms with Gasteiger partial charge in [-0.05, 0) is 44.9 Å². The molecule has 1 rings (SSSR count). The van der Waals surface area contributed by atoms with E-state index in [9.17, 15) is 0 Å². The first-order chi connectivity index (χ1) is 8.48. The molecule has 0 bridgehead atoms. The molecular formula is C15H24BrNO. The molecule has 0 heterocycles. The Balaban J connectivity index is 2.60. The van der Waals surface area contributed by atoms with Crippen LogP contribution in [0.2, 0.25) is 0 Å². The summed E-state index contributed by atoms with van der Waals surface area (Å²) in [6.45, 7) is 10.1. The topological polar surface area (TPSA) is 21.3 Å². The Bertz CT molecular complexity index is 348. The van der Waals surface area contributed by atoms with Crippen molar-refractivity contribution in [1.29, 1.82) is 0 Å². The molecule has 1 atom stereocenters. The first kappa shape index (κ1) is 15.7. The maximum atomic E-state index is 5.71. The average Bonchev–Trinajstić information content (AvgIpc) is 2.32. The summed E-state index contributed by atoms with van der Waals surface area (Å²) in [6.07, 6.45) is 1.07. The van der Waals surface area contributed by atoms with E-state index in [-0.39, 0.29) is 5.60 Å². The molecule has 1 N–H and O–H groups in total. The van der Waals surface area contributed by atoms with Gasteiger partial charge in [-0.1, -0.05) is 35.0 Å². The smallest absolute Gasteiger partial charge is 0.0750 e. The highest BCUT2D eigenvalue weighted by Gasteiger charge is 2.19. The monoisotopic (exact) mass is 313 g/mol. The lowest BCUT2D eigenvalue weighted by molar-refractivity contribution is -0.0107. The lowest BCUT2D eigenvalue weighted by Crippen LogP contribution is -2.39. The second-order valence-electron chi connectivity index (χ2n) is 5.09. The van der Waals surface area contributed by atoms with Crippen LogP contribution >= 0.6 is 15.9 Å². The van der Waals surface area contributed by atoms with Gasteiger partial charge in [0.1, 0.15) is 0 Å². The summed E-state index contributed by atoms with van der Waals surface area (Å²) in [6, 6.07) is 8.90. The summed E-state index contributed by atoms with van der Waals surface area (Å²) in [5, 5.41) is 3.59. The molecule has 0 saturated heterocycles. The second kappa shape index (κ2) is 7.27. The van der Waals surface area contributed by atoms with Crippen molar-refractivity contribution in [2.45, 2.75) is 45.8 Å². The normalized spacial score (nSPS) is 13.6. The lowest BCUT2D eigenvalue weighted by Gasteiger charge is -2.28. The van der Waals surface area contributed by atoms with Crippen molar-refractivity contribution in [3.8, 4) is 0 Å². The first-order valence-electron chi connectivity index (χ1n) is 6.61. The standard InChI is InChI=1S/C15H24BrNO/c1-5-14(12-7-9-13(16)10-8-12)17-11-15(3,4)18-6-2/h7-10,14,17H,5-6,11H2,1-4H3. The molecule has 1 aromatic rings. The number of ether oxygens (including phenoxy) is 1. The average molecular weight is 314 g/mol. The minimum Gasteiger partial charge on any atom is -0.375 e. The van der Waals surface area contributed by atoms with Crippen LogP contribution in [0.25, 0.3) is 0 Å². The van der Waals surface area contributed by atoms with E-state index in [1.54, 1.807) is 0 Å². The van der Waals surface area contributed by atoms with Crippen molar-refractivity contribution in [3.63, 3.8) is 0 Å². The van der Waals surface area contributed by atoms with Crippen LogP contribution in [0.5, 0.6) is 0 Å².